The van der Waals surface area contributed by atoms with Gasteiger partial charge >= 0.3 is 13.8 Å². The van der Waals surface area contributed by atoms with Gasteiger partial charge in [-0.3, -0.25) is 18.6 Å². The number of hydrogen-bond acceptors (Lipinski definition) is 6. The molecule has 3 unspecified atom stereocenters. The number of ether oxygens (including phenoxy) is 1. The normalized spacial score (nSPS) is 14.1. The lowest BCUT2D eigenvalue weighted by Crippen LogP contribution is -2.47. The van der Waals surface area contributed by atoms with Gasteiger partial charge in [0.1, 0.15) is 19.3 Å². The van der Waals surface area contributed by atoms with Crippen LogP contribution in [0.25, 0.3) is 0 Å². The standard InChI is InChI=1S/C71H129N2O7P/c1-7-10-13-16-19-22-25-28-30-32-34-36-38-40-42-45-48-51-54-57-60-63-70(74)72-68(67-79-81(76,77)78-66-65-73(4,5)6)69(62-59-56-53-50-47-44-27-24-21-18-15-12-9-3)80-71(75)64-61-58-55-52-49-46-43-41-39-37-35-33-31-29-26-23-20-17-14-11-8-2/h19-20,22-23,28-31,34,36,40,42,59,62,68-69H,7-18,21,24-27,32-33,35,37-39,41,43-58,60-61,63-67H2,1-6H3,(H-,72,74,76,77)/p+1/b22-19-,23-20-,30-28-,31-29-,36-34-,42-40-,62-59+. The third kappa shape index (κ3) is 61.6. The van der Waals surface area contributed by atoms with Crippen LogP contribution in [-0.2, 0) is 27.9 Å². The van der Waals surface area contributed by atoms with Crippen molar-refractivity contribution in [2.45, 2.75) is 315 Å². The molecule has 0 saturated heterocycles. The minimum absolute atomic E-state index is 0.0331. The molecule has 0 spiro atoms. The number of quaternary nitrogens is 1. The van der Waals surface area contributed by atoms with Crippen molar-refractivity contribution in [1.82, 2.24) is 5.32 Å². The van der Waals surface area contributed by atoms with Crippen LogP contribution in [0, 0.1) is 0 Å². The Bertz CT molecular complexity index is 1660. The highest BCUT2D eigenvalue weighted by atomic mass is 31.2. The van der Waals surface area contributed by atoms with Crippen LogP contribution >= 0.6 is 7.82 Å². The molecule has 9 nitrogen and oxygen atoms in total. The fourth-order valence-corrected chi connectivity index (χ4v) is 10.3. The summed E-state index contributed by atoms with van der Waals surface area (Å²) >= 11 is 0. The summed E-state index contributed by atoms with van der Waals surface area (Å²) in [6.45, 7) is 6.96. The zero-order chi connectivity index (χ0) is 59.3. The van der Waals surface area contributed by atoms with Crippen LogP contribution in [0.1, 0.15) is 303 Å². The molecule has 0 aromatic rings. The molecule has 1 amide bonds. The Hall–Kier alpha value is -2.81. The zero-order valence-corrected chi connectivity index (χ0v) is 54.7. The van der Waals surface area contributed by atoms with E-state index in [0.717, 1.165) is 103 Å². The molecule has 470 valence electrons. The van der Waals surface area contributed by atoms with Crippen molar-refractivity contribution in [3.05, 3.63) is 85.1 Å². The number of carbonyl (C=O) groups excluding carboxylic acids is 2. The summed E-state index contributed by atoms with van der Waals surface area (Å²) < 4.78 is 30.8. The Labute approximate surface area is 501 Å². The summed E-state index contributed by atoms with van der Waals surface area (Å²) in [6, 6.07) is -0.864. The number of allylic oxidation sites excluding steroid dienone is 13. The summed E-state index contributed by atoms with van der Waals surface area (Å²) in [7, 11) is 1.48. The van der Waals surface area contributed by atoms with Gasteiger partial charge in [0.25, 0.3) is 0 Å². The smallest absolute Gasteiger partial charge is 0.456 e. The molecule has 0 bridgehead atoms. The van der Waals surface area contributed by atoms with Crippen molar-refractivity contribution in [2.24, 2.45) is 0 Å². The fourth-order valence-electron chi connectivity index (χ4n) is 9.54. The Morgan fingerprint density at radius 1 is 0.432 bits per heavy atom. The quantitative estimate of drug-likeness (QED) is 0.0205. The van der Waals surface area contributed by atoms with Crippen molar-refractivity contribution in [1.29, 1.82) is 0 Å². The number of rotatable bonds is 61. The highest BCUT2D eigenvalue weighted by Crippen LogP contribution is 2.43. The second-order valence-electron chi connectivity index (χ2n) is 24.0. The average Bonchev–Trinajstić information content (AvgIpc) is 3.44. The average molecular weight is 1150 g/mol. The van der Waals surface area contributed by atoms with Crippen molar-refractivity contribution in [3.63, 3.8) is 0 Å². The monoisotopic (exact) mass is 1150 g/mol. The summed E-state index contributed by atoms with van der Waals surface area (Å²) in [5.74, 6) is -0.524. The van der Waals surface area contributed by atoms with Gasteiger partial charge in [0.05, 0.1) is 33.8 Å². The van der Waals surface area contributed by atoms with Crippen LogP contribution in [0.15, 0.2) is 85.1 Å². The molecule has 0 heterocycles. The maximum absolute atomic E-state index is 13.6. The number of carbonyl (C=O) groups is 2. The van der Waals surface area contributed by atoms with E-state index < -0.39 is 20.0 Å². The predicted octanol–water partition coefficient (Wildman–Crippen LogP) is 21.3. The van der Waals surface area contributed by atoms with E-state index in [2.05, 4.69) is 99.0 Å². The SMILES string of the molecule is CCCCC/C=C\C/C=C\C/C=C\C/C=C\CCCCCCCC(=O)NC(COP(=O)(O)OCC[N+](C)(C)C)C(/C=C/CCCCCCCCCCCCC)OC(=O)CCCCCCCCCCCCC/C=C\C/C=C\CCCCC. The molecule has 0 aliphatic heterocycles. The summed E-state index contributed by atoms with van der Waals surface area (Å²) in [5, 5.41) is 3.06. The molecular weight excluding hydrogens is 1020 g/mol. The van der Waals surface area contributed by atoms with E-state index in [1.54, 1.807) is 0 Å². The first-order valence-corrected chi connectivity index (χ1v) is 35.4. The van der Waals surface area contributed by atoms with Gasteiger partial charge in [-0.2, -0.15) is 0 Å². The number of unbranched alkanes of at least 4 members (excludes halogenated alkanes) is 33. The minimum Gasteiger partial charge on any atom is -0.456 e. The van der Waals surface area contributed by atoms with E-state index >= 15 is 0 Å². The lowest BCUT2D eigenvalue weighted by Gasteiger charge is -2.27. The highest BCUT2D eigenvalue weighted by Gasteiger charge is 2.30. The van der Waals surface area contributed by atoms with Gasteiger partial charge in [0.2, 0.25) is 5.91 Å². The fraction of sp³-hybridized carbons (Fsp3) is 0.775. The molecule has 0 aliphatic carbocycles. The molecule has 0 saturated carbocycles. The van der Waals surface area contributed by atoms with Gasteiger partial charge in [-0.05, 0) is 109 Å². The lowest BCUT2D eigenvalue weighted by atomic mass is 10.0. The van der Waals surface area contributed by atoms with Gasteiger partial charge < -0.3 is 19.4 Å². The van der Waals surface area contributed by atoms with Crippen molar-refractivity contribution < 1.29 is 37.3 Å². The topological polar surface area (TPSA) is 111 Å². The zero-order valence-electron chi connectivity index (χ0n) is 53.8. The van der Waals surface area contributed by atoms with E-state index in [0.29, 0.717) is 17.4 Å². The van der Waals surface area contributed by atoms with Gasteiger partial charge in [0, 0.05) is 12.8 Å². The van der Waals surface area contributed by atoms with Gasteiger partial charge in [0.15, 0.2) is 0 Å². The van der Waals surface area contributed by atoms with Crippen molar-refractivity contribution in [3.8, 4) is 0 Å². The van der Waals surface area contributed by atoms with E-state index in [-0.39, 0.29) is 31.5 Å². The number of nitrogens with one attached hydrogen (secondary N) is 1. The largest absolute Gasteiger partial charge is 0.472 e. The van der Waals surface area contributed by atoms with Crippen LogP contribution < -0.4 is 5.32 Å². The van der Waals surface area contributed by atoms with Crippen LogP contribution in [-0.4, -0.2) is 74.3 Å². The molecule has 0 radical (unpaired) electrons. The molecule has 0 aliphatic rings. The maximum atomic E-state index is 13.6. The Kier molecular flexibility index (Phi) is 58.2. The summed E-state index contributed by atoms with van der Waals surface area (Å²) in [5.41, 5.74) is 0. The van der Waals surface area contributed by atoms with Crippen molar-refractivity contribution in [2.75, 3.05) is 40.9 Å². The summed E-state index contributed by atoms with van der Waals surface area (Å²) in [4.78, 5) is 37.9. The molecule has 10 heteroatoms. The Morgan fingerprint density at radius 3 is 1.15 bits per heavy atom. The van der Waals surface area contributed by atoms with Crippen LogP contribution in [0.2, 0.25) is 0 Å². The molecule has 81 heavy (non-hydrogen) atoms. The van der Waals surface area contributed by atoms with Crippen LogP contribution in [0.3, 0.4) is 0 Å². The Morgan fingerprint density at radius 2 is 0.753 bits per heavy atom. The highest BCUT2D eigenvalue weighted by molar-refractivity contribution is 7.47. The van der Waals surface area contributed by atoms with Crippen LogP contribution in [0.4, 0.5) is 0 Å². The number of phosphoric ester groups is 1. The summed E-state index contributed by atoms with van der Waals surface area (Å²) in [6.07, 6.45) is 80.0. The van der Waals surface area contributed by atoms with Gasteiger partial charge in [-0.15, -0.1) is 0 Å². The second kappa shape index (κ2) is 60.3. The molecule has 0 rings (SSSR count). The van der Waals surface area contributed by atoms with E-state index in [1.165, 1.54) is 167 Å². The van der Waals surface area contributed by atoms with E-state index in [9.17, 15) is 19.0 Å². The number of hydrogen-bond donors (Lipinski definition) is 2. The van der Waals surface area contributed by atoms with Crippen LogP contribution in [0.5, 0.6) is 0 Å². The van der Waals surface area contributed by atoms with Gasteiger partial charge in [-0.1, -0.05) is 267 Å². The molecule has 0 aromatic heterocycles. The Balaban J connectivity index is 5.23. The van der Waals surface area contributed by atoms with E-state index in [1.807, 2.05) is 33.3 Å². The third-order valence-electron chi connectivity index (χ3n) is 14.8. The van der Waals surface area contributed by atoms with Crippen molar-refractivity contribution >= 4 is 19.7 Å². The lowest BCUT2D eigenvalue weighted by molar-refractivity contribution is -0.870. The molecule has 0 aromatic carbocycles. The molecule has 2 N–H and O–H groups in total. The number of esters is 1. The first-order valence-electron chi connectivity index (χ1n) is 33.9. The van der Waals surface area contributed by atoms with Gasteiger partial charge in [-0.25, -0.2) is 4.57 Å². The number of phosphoric acid groups is 1. The first-order chi connectivity index (χ1) is 39.4. The third-order valence-corrected chi connectivity index (χ3v) is 15.8. The van der Waals surface area contributed by atoms with E-state index in [4.69, 9.17) is 13.8 Å². The molecule has 0 fully saturated rings. The number of amides is 1. The predicted molar refractivity (Wildman–Crippen MR) is 351 cm³/mol. The minimum atomic E-state index is -4.46. The maximum Gasteiger partial charge on any atom is 0.472 e. The number of likely N-dealkylation sites (N-methyl/N-ethyl adjacent to an activating group) is 1. The first kappa shape index (κ1) is 78.2. The molecular formula is C71H130N2O7P+. The molecule has 3 atom stereocenters. The number of nitrogens with zero attached hydrogens (tertiary/aromatic N) is 1. The second-order valence-corrected chi connectivity index (χ2v) is 25.4.